The van der Waals surface area contributed by atoms with Crippen LogP contribution < -0.4 is 10.6 Å². The zero-order valence-electron chi connectivity index (χ0n) is 11.3. The van der Waals surface area contributed by atoms with Gasteiger partial charge >= 0.3 is 0 Å². The number of carbonyl (C=O) groups excluding carboxylic acids is 1. The molecule has 2 rings (SSSR count). The monoisotopic (exact) mass is 247 g/mol. The quantitative estimate of drug-likeness (QED) is 0.839. The minimum absolute atomic E-state index is 0.0417. The number of nitrogens with one attached hydrogen (secondary N) is 2. The summed E-state index contributed by atoms with van der Waals surface area (Å²) in [7, 11) is 1.82. The highest BCUT2D eigenvalue weighted by atomic mass is 16.1. The Morgan fingerprint density at radius 2 is 2.28 bits per heavy atom. The van der Waals surface area contributed by atoms with Gasteiger partial charge in [-0.05, 0) is 32.3 Å². The SMILES string of the molecule is CNc1cc(C)ncc1C(=O)NC(C)CC1CC1. The van der Waals surface area contributed by atoms with Crippen molar-refractivity contribution in [3.05, 3.63) is 23.5 Å². The Bertz CT molecular complexity index is 441. The van der Waals surface area contributed by atoms with E-state index in [0.29, 0.717) is 5.56 Å². The summed E-state index contributed by atoms with van der Waals surface area (Å²) in [6, 6.07) is 2.12. The summed E-state index contributed by atoms with van der Waals surface area (Å²) in [6.45, 7) is 3.98. The van der Waals surface area contributed by atoms with Crippen molar-refractivity contribution in [3.8, 4) is 0 Å². The molecule has 4 nitrogen and oxygen atoms in total. The maximum Gasteiger partial charge on any atom is 0.255 e. The molecule has 2 N–H and O–H groups in total. The minimum Gasteiger partial charge on any atom is -0.387 e. The van der Waals surface area contributed by atoms with E-state index in [1.54, 1.807) is 6.20 Å². The fourth-order valence-corrected chi connectivity index (χ4v) is 2.16. The molecule has 1 fully saturated rings. The molecular formula is C14H21N3O. The summed E-state index contributed by atoms with van der Waals surface area (Å²) in [6.07, 6.45) is 5.35. The van der Waals surface area contributed by atoms with Gasteiger partial charge in [-0.2, -0.15) is 0 Å². The molecule has 0 spiro atoms. The van der Waals surface area contributed by atoms with Crippen molar-refractivity contribution < 1.29 is 4.79 Å². The number of hydrogen-bond acceptors (Lipinski definition) is 3. The molecule has 98 valence electrons. The topological polar surface area (TPSA) is 54.0 Å². The van der Waals surface area contributed by atoms with Crippen LogP contribution in [-0.4, -0.2) is 24.0 Å². The normalized spacial score (nSPS) is 16.2. The van der Waals surface area contributed by atoms with Crippen LogP contribution in [0, 0.1) is 12.8 Å². The van der Waals surface area contributed by atoms with Crippen LogP contribution in [0.1, 0.15) is 42.2 Å². The Hall–Kier alpha value is -1.58. The van der Waals surface area contributed by atoms with E-state index in [0.717, 1.165) is 23.7 Å². The lowest BCUT2D eigenvalue weighted by Crippen LogP contribution is -2.33. The van der Waals surface area contributed by atoms with Crippen molar-refractivity contribution in [3.63, 3.8) is 0 Å². The molecule has 1 heterocycles. The molecule has 18 heavy (non-hydrogen) atoms. The molecule has 1 atom stereocenters. The summed E-state index contributed by atoms with van der Waals surface area (Å²) < 4.78 is 0. The number of carbonyl (C=O) groups is 1. The summed E-state index contributed by atoms with van der Waals surface area (Å²) >= 11 is 0. The lowest BCUT2D eigenvalue weighted by Gasteiger charge is -2.15. The van der Waals surface area contributed by atoms with Gasteiger partial charge in [-0.1, -0.05) is 12.8 Å². The highest BCUT2D eigenvalue weighted by molar-refractivity contribution is 5.99. The van der Waals surface area contributed by atoms with E-state index in [1.165, 1.54) is 12.8 Å². The second-order valence-electron chi connectivity index (χ2n) is 5.17. The number of anilines is 1. The van der Waals surface area contributed by atoms with Crippen molar-refractivity contribution in [1.82, 2.24) is 10.3 Å². The Kier molecular flexibility index (Phi) is 3.84. The number of aryl methyl sites for hydroxylation is 1. The molecule has 1 unspecified atom stereocenters. The van der Waals surface area contributed by atoms with Crippen LogP contribution in [0.5, 0.6) is 0 Å². The van der Waals surface area contributed by atoms with E-state index in [9.17, 15) is 4.79 Å². The number of amides is 1. The van der Waals surface area contributed by atoms with Crippen LogP contribution in [0.3, 0.4) is 0 Å². The van der Waals surface area contributed by atoms with Crippen LogP contribution in [0.4, 0.5) is 5.69 Å². The summed E-state index contributed by atoms with van der Waals surface area (Å²) in [5.41, 5.74) is 2.35. The van der Waals surface area contributed by atoms with Gasteiger partial charge in [0, 0.05) is 25.0 Å². The largest absolute Gasteiger partial charge is 0.387 e. The molecule has 0 aliphatic heterocycles. The molecule has 0 aromatic carbocycles. The molecule has 1 aliphatic carbocycles. The average molecular weight is 247 g/mol. The van der Waals surface area contributed by atoms with E-state index in [1.807, 2.05) is 20.0 Å². The summed E-state index contributed by atoms with van der Waals surface area (Å²) in [4.78, 5) is 16.3. The van der Waals surface area contributed by atoms with Crippen molar-refractivity contribution in [2.45, 2.75) is 39.2 Å². The minimum atomic E-state index is -0.0417. The summed E-state index contributed by atoms with van der Waals surface area (Å²) in [5, 5.41) is 6.09. The van der Waals surface area contributed by atoms with Crippen molar-refractivity contribution in [2.24, 2.45) is 5.92 Å². The first kappa shape index (κ1) is 12.9. The van der Waals surface area contributed by atoms with Gasteiger partial charge in [0.15, 0.2) is 0 Å². The van der Waals surface area contributed by atoms with E-state index < -0.39 is 0 Å². The Labute approximate surface area is 108 Å². The third-order valence-electron chi connectivity index (χ3n) is 3.32. The van der Waals surface area contributed by atoms with Crippen LogP contribution in [0.2, 0.25) is 0 Å². The van der Waals surface area contributed by atoms with E-state index in [4.69, 9.17) is 0 Å². The van der Waals surface area contributed by atoms with Gasteiger partial charge in [-0.15, -0.1) is 0 Å². The maximum atomic E-state index is 12.2. The van der Waals surface area contributed by atoms with Crippen LogP contribution in [0.25, 0.3) is 0 Å². The fourth-order valence-electron chi connectivity index (χ4n) is 2.16. The van der Waals surface area contributed by atoms with Crippen molar-refractivity contribution in [1.29, 1.82) is 0 Å². The fraction of sp³-hybridized carbons (Fsp3) is 0.571. The standard InChI is InChI=1S/C14H21N3O/c1-9-7-13(15-3)12(8-16-9)14(18)17-10(2)6-11-4-5-11/h7-8,10-11H,4-6H2,1-3H3,(H,15,16)(H,17,18). The second kappa shape index (κ2) is 5.38. The van der Waals surface area contributed by atoms with Crippen LogP contribution >= 0.6 is 0 Å². The zero-order valence-corrected chi connectivity index (χ0v) is 11.3. The lowest BCUT2D eigenvalue weighted by molar-refractivity contribution is 0.0938. The maximum absolute atomic E-state index is 12.2. The highest BCUT2D eigenvalue weighted by Crippen LogP contribution is 2.33. The van der Waals surface area contributed by atoms with Crippen molar-refractivity contribution >= 4 is 11.6 Å². The van der Waals surface area contributed by atoms with Gasteiger partial charge in [-0.3, -0.25) is 9.78 Å². The number of nitrogens with zero attached hydrogens (tertiary/aromatic N) is 1. The predicted molar refractivity (Wildman–Crippen MR) is 72.8 cm³/mol. The number of hydrogen-bond donors (Lipinski definition) is 2. The van der Waals surface area contributed by atoms with Gasteiger partial charge in [0.2, 0.25) is 0 Å². The summed E-state index contributed by atoms with van der Waals surface area (Å²) in [5.74, 6) is 0.778. The molecule has 4 heteroatoms. The predicted octanol–water partition coefficient (Wildman–Crippen LogP) is 2.35. The molecule has 1 aromatic heterocycles. The van der Waals surface area contributed by atoms with E-state index >= 15 is 0 Å². The number of pyridine rings is 1. The molecular weight excluding hydrogens is 226 g/mol. The van der Waals surface area contributed by atoms with E-state index in [2.05, 4.69) is 22.5 Å². The van der Waals surface area contributed by atoms with Gasteiger partial charge in [-0.25, -0.2) is 0 Å². The van der Waals surface area contributed by atoms with E-state index in [-0.39, 0.29) is 11.9 Å². The van der Waals surface area contributed by atoms with Crippen LogP contribution in [0.15, 0.2) is 12.3 Å². The lowest BCUT2D eigenvalue weighted by atomic mass is 10.1. The molecule has 0 radical (unpaired) electrons. The molecule has 1 amide bonds. The first-order chi connectivity index (χ1) is 8.60. The highest BCUT2D eigenvalue weighted by Gasteiger charge is 2.24. The number of aromatic nitrogens is 1. The Balaban J connectivity index is 2.02. The third-order valence-corrected chi connectivity index (χ3v) is 3.32. The number of rotatable bonds is 5. The van der Waals surface area contributed by atoms with Gasteiger partial charge < -0.3 is 10.6 Å². The average Bonchev–Trinajstić information content (AvgIpc) is 3.12. The smallest absolute Gasteiger partial charge is 0.255 e. The van der Waals surface area contributed by atoms with Gasteiger partial charge in [0.25, 0.3) is 5.91 Å². The van der Waals surface area contributed by atoms with Gasteiger partial charge in [0.05, 0.1) is 11.3 Å². The Morgan fingerprint density at radius 3 is 2.89 bits per heavy atom. The molecule has 0 bridgehead atoms. The molecule has 1 aliphatic rings. The first-order valence-corrected chi connectivity index (χ1v) is 6.55. The Morgan fingerprint density at radius 1 is 1.56 bits per heavy atom. The zero-order chi connectivity index (χ0) is 13.1. The first-order valence-electron chi connectivity index (χ1n) is 6.55. The van der Waals surface area contributed by atoms with Crippen LogP contribution in [-0.2, 0) is 0 Å². The molecule has 0 saturated heterocycles. The second-order valence-corrected chi connectivity index (χ2v) is 5.17. The van der Waals surface area contributed by atoms with Crippen molar-refractivity contribution in [2.75, 3.05) is 12.4 Å². The third kappa shape index (κ3) is 3.22. The van der Waals surface area contributed by atoms with Gasteiger partial charge in [0.1, 0.15) is 0 Å². The molecule has 1 saturated carbocycles. The molecule has 1 aromatic rings.